The molecule has 0 unspecified atom stereocenters. The number of pyridine rings is 1. The van der Waals surface area contributed by atoms with E-state index in [1.807, 2.05) is 12.3 Å². The molecule has 0 bridgehead atoms. The van der Waals surface area contributed by atoms with Crippen LogP contribution in [0.1, 0.15) is 48.0 Å². The van der Waals surface area contributed by atoms with Crippen LogP contribution in [0, 0.1) is 0 Å². The summed E-state index contributed by atoms with van der Waals surface area (Å²) in [5, 5.41) is 1.34. The molecule has 2 aromatic heterocycles. The molecule has 2 saturated heterocycles. The number of hydrogen-bond acceptors (Lipinski definition) is 5. The number of aromatic amines is 1. The minimum absolute atomic E-state index is 0.206. The number of nitrogens with one attached hydrogen (secondary N) is 1. The van der Waals surface area contributed by atoms with Crippen molar-refractivity contribution in [1.29, 1.82) is 0 Å². The number of benzene rings is 2. The molecule has 6 nitrogen and oxygen atoms in total. The second-order valence-corrected chi connectivity index (χ2v) is 11.3. The van der Waals surface area contributed by atoms with Gasteiger partial charge in [-0.3, -0.25) is 14.7 Å². The number of piperazine rings is 1. The molecule has 0 amide bonds. The highest BCUT2D eigenvalue weighted by molar-refractivity contribution is 5.97. The molecule has 0 aliphatic carbocycles. The Morgan fingerprint density at radius 2 is 1.60 bits per heavy atom. The first-order valence-corrected chi connectivity index (χ1v) is 15.1. The summed E-state index contributed by atoms with van der Waals surface area (Å²) in [6.45, 7) is 8.72. The molecule has 0 atom stereocenters. The van der Waals surface area contributed by atoms with Crippen molar-refractivity contribution in [1.82, 2.24) is 19.8 Å². The maximum atomic E-state index is 13.0. The van der Waals surface area contributed by atoms with Crippen molar-refractivity contribution in [2.24, 2.45) is 0 Å². The average molecular weight is 536 g/mol. The molecule has 1 N–H and O–H groups in total. The molecule has 4 aromatic rings. The zero-order valence-electron chi connectivity index (χ0n) is 23.5. The molecule has 2 fully saturated rings. The van der Waals surface area contributed by atoms with Crippen LogP contribution in [0.2, 0.25) is 0 Å². The number of ketones is 1. The first-order chi connectivity index (χ1) is 19.7. The predicted octanol–water partition coefficient (Wildman–Crippen LogP) is 6.04. The van der Waals surface area contributed by atoms with Crippen molar-refractivity contribution < 1.29 is 4.79 Å². The van der Waals surface area contributed by atoms with Crippen LogP contribution in [0.5, 0.6) is 0 Å². The fraction of sp³-hybridized carbons (Fsp3) is 0.412. The first kappa shape index (κ1) is 26.7. The molecule has 2 aromatic carbocycles. The third kappa shape index (κ3) is 6.29. The van der Waals surface area contributed by atoms with E-state index in [-0.39, 0.29) is 5.78 Å². The lowest BCUT2D eigenvalue weighted by molar-refractivity contribution is 0.0978. The minimum atomic E-state index is 0.206. The highest BCUT2D eigenvalue weighted by atomic mass is 16.1. The van der Waals surface area contributed by atoms with Crippen molar-refractivity contribution in [2.45, 2.75) is 38.5 Å². The normalized spacial score (nSPS) is 16.6. The number of nitrogens with zero attached hydrogens (tertiary/aromatic N) is 4. The summed E-state index contributed by atoms with van der Waals surface area (Å²) in [7, 11) is 0. The SMILES string of the molecule is O=C(CCCCN1CCCC1)c1cncc(-c2ccccc2N2CCN(CCc3c[nH]c4ccccc34)CC2)c1. The molecule has 0 saturated carbocycles. The van der Waals surface area contributed by atoms with Gasteiger partial charge in [0.05, 0.1) is 0 Å². The lowest BCUT2D eigenvalue weighted by Gasteiger charge is -2.37. The number of anilines is 1. The predicted molar refractivity (Wildman–Crippen MR) is 164 cm³/mol. The number of unbranched alkanes of at least 4 members (excludes halogenated alkanes) is 1. The molecular weight excluding hydrogens is 494 g/mol. The molecule has 40 heavy (non-hydrogen) atoms. The van der Waals surface area contributed by atoms with E-state index in [9.17, 15) is 4.79 Å². The van der Waals surface area contributed by atoms with Gasteiger partial charge in [0.15, 0.2) is 5.78 Å². The van der Waals surface area contributed by atoms with Gasteiger partial charge in [0.1, 0.15) is 0 Å². The summed E-state index contributed by atoms with van der Waals surface area (Å²) in [6.07, 6.45) is 12.1. The summed E-state index contributed by atoms with van der Waals surface area (Å²) >= 11 is 0. The quantitative estimate of drug-likeness (QED) is 0.187. The molecule has 6 rings (SSSR count). The van der Waals surface area contributed by atoms with Gasteiger partial charge in [-0.25, -0.2) is 0 Å². The van der Waals surface area contributed by atoms with Gasteiger partial charge in [-0.05, 0) is 75.5 Å². The molecule has 4 heterocycles. The highest BCUT2D eigenvalue weighted by Gasteiger charge is 2.20. The largest absolute Gasteiger partial charge is 0.368 e. The van der Waals surface area contributed by atoms with Crippen LogP contribution in [0.25, 0.3) is 22.0 Å². The number of carbonyl (C=O) groups is 1. The maximum absolute atomic E-state index is 13.0. The molecule has 2 aliphatic rings. The first-order valence-electron chi connectivity index (χ1n) is 15.1. The molecule has 0 radical (unpaired) electrons. The summed E-state index contributed by atoms with van der Waals surface area (Å²) in [4.78, 5) is 28.5. The van der Waals surface area contributed by atoms with Gasteiger partial charge in [-0.15, -0.1) is 0 Å². The standard InChI is InChI=1S/C34H41N5O/c40-34(13-5-6-15-37-16-7-8-17-37)29-23-28(24-35-25-29)31-10-2-4-12-33(31)39-21-19-38(20-22-39)18-14-27-26-36-32-11-3-1-9-30(27)32/h1-4,9-12,23-26,36H,5-8,13-22H2. The summed E-state index contributed by atoms with van der Waals surface area (Å²) in [5.41, 5.74) is 6.77. The Morgan fingerprint density at radius 3 is 2.48 bits per heavy atom. The molecule has 0 spiro atoms. The van der Waals surface area contributed by atoms with Gasteiger partial charge in [0, 0.05) is 91.0 Å². The summed E-state index contributed by atoms with van der Waals surface area (Å²) in [6, 6.07) is 19.2. The molecular formula is C34H41N5O. The van der Waals surface area contributed by atoms with Crippen LogP contribution < -0.4 is 4.90 Å². The third-order valence-electron chi connectivity index (χ3n) is 8.69. The smallest absolute Gasteiger partial charge is 0.164 e. The van der Waals surface area contributed by atoms with Crippen LogP contribution in [0.4, 0.5) is 5.69 Å². The molecule has 2 aliphatic heterocycles. The van der Waals surface area contributed by atoms with Crippen molar-refractivity contribution >= 4 is 22.4 Å². The monoisotopic (exact) mass is 535 g/mol. The number of hydrogen-bond donors (Lipinski definition) is 1. The van der Waals surface area contributed by atoms with E-state index in [0.29, 0.717) is 6.42 Å². The Morgan fingerprint density at radius 1 is 0.825 bits per heavy atom. The Bertz CT molecular complexity index is 1410. The van der Waals surface area contributed by atoms with E-state index in [1.54, 1.807) is 6.20 Å². The van der Waals surface area contributed by atoms with Crippen LogP contribution in [0.3, 0.4) is 0 Å². The Labute approximate surface area is 238 Å². The Balaban J connectivity index is 1.05. The van der Waals surface area contributed by atoms with E-state index in [2.05, 4.69) is 79.4 Å². The van der Waals surface area contributed by atoms with Crippen molar-refractivity contribution in [3.8, 4) is 11.1 Å². The minimum Gasteiger partial charge on any atom is -0.368 e. The maximum Gasteiger partial charge on any atom is 0.164 e. The summed E-state index contributed by atoms with van der Waals surface area (Å²) in [5.74, 6) is 0.206. The van der Waals surface area contributed by atoms with Crippen molar-refractivity contribution in [3.63, 3.8) is 0 Å². The number of Topliss-reactive ketones (excluding diaryl/α,β-unsaturated/α-hetero) is 1. The van der Waals surface area contributed by atoms with Gasteiger partial charge in [0.25, 0.3) is 0 Å². The fourth-order valence-corrected chi connectivity index (χ4v) is 6.33. The average Bonchev–Trinajstić information content (AvgIpc) is 3.69. The number of para-hydroxylation sites is 2. The zero-order chi connectivity index (χ0) is 27.1. The van der Waals surface area contributed by atoms with Gasteiger partial charge in [-0.1, -0.05) is 36.4 Å². The lowest BCUT2D eigenvalue weighted by atomic mass is 10.00. The van der Waals surface area contributed by atoms with E-state index in [4.69, 9.17) is 0 Å². The molecule has 6 heteroatoms. The third-order valence-corrected chi connectivity index (χ3v) is 8.69. The van der Waals surface area contributed by atoms with E-state index in [1.165, 1.54) is 48.1 Å². The van der Waals surface area contributed by atoms with Gasteiger partial charge in [0.2, 0.25) is 0 Å². The number of aromatic nitrogens is 2. The zero-order valence-corrected chi connectivity index (χ0v) is 23.5. The van der Waals surface area contributed by atoms with Gasteiger partial charge in [-0.2, -0.15) is 0 Å². The van der Waals surface area contributed by atoms with E-state index < -0.39 is 0 Å². The van der Waals surface area contributed by atoms with E-state index in [0.717, 1.165) is 75.2 Å². The second kappa shape index (κ2) is 12.8. The second-order valence-electron chi connectivity index (χ2n) is 11.3. The lowest BCUT2D eigenvalue weighted by Crippen LogP contribution is -2.47. The number of likely N-dealkylation sites (tertiary alicyclic amines) is 1. The van der Waals surface area contributed by atoms with Crippen LogP contribution in [-0.2, 0) is 6.42 Å². The van der Waals surface area contributed by atoms with Crippen molar-refractivity contribution in [2.75, 3.05) is 57.3 Å². The molecule has 208 valence electrons. The number of H-pyrrole nitrogens is 1. The number of rotatable bonds is 11. The van der Waals surface area contributed by atoms with Crippen LogP contribution >= 0.6 is 0 Å². The fourth-order valence-electron chi connectivity index (χ4n) is 6.33. The van der Waals surface area contributed by atoms with Crippen LogP contribution in [-0.4, -0.2) is 77.9 Å². The summed E-state index contributed by atoms with van der Waals surface area (Å²) < 4.78 is 0. The number of fused-ring (bicyclic) bond motifs is 1. The Kier molecular flexibility index (Phi) is 8.55. The van der Waals surface area contributed by atoms with Crippen LogP contribution in [0.15, 0.2) is 73.2 Å². The number of carbonyl (C=O) groups excluding carboxylic acids is 1. The van der Waals surface area contributed by atoms with E-state index >= 15 is 0 Å². The Hall–Kier alpha value is -3.48. The topological polar surface area (TPSA) is 55.5 Å². The highest BCUT2D eigenvalue weighted by Crippen LogP contribution is 2.32. The van der Waals surface area contributed by atoms with Gasteiger partial charge >= 0.3 is 0 Å². The van der Waals surface area contributed by atoms with Crippen molar-refractivity contribution in [3.05, 3.63) is 84.3 Å². The van der Waals surface area contributed by atoms with Gasteiger partial charge < -0.3 is 14.8 Å².